The van der Waals surface area contributed by atoms with Crippen LogP contribution in [-0.2, 0) is 9.53 Å². The highest BCUT2D eigenvalue weighted by Crippen LogP contribution is 2.23. The first-order valence-corrected chi connectivity index (χ1v) is 7.21. The van der Waals surface area contributed by atoms with E-state index < -0.39 is 0 Å². The molecule has 1 aliphatic rings. The highest BCUT2D eigenvalue weighted by Gasteiger charge is 2.30. The van der Waals surface area contributed by atoms with Gasteiger partial charge in [0.2, 0.25) is 5.91 Å². The van der Waals surface area contributed by atoms with Gasteiger partial charge < -0.3 is 20.9 Å². The van der Waals surface area contributed by atoms with Gasteiger partial charge in [-0.15, -0.1) is 0 Å². The average Bonchev–Trinajstić information content (AvgIpc) is 2.50. The van der Waals surface area contributed by atoms with Crippen molar-refractivity contribution >= 4 is 28.9 Å². The second kappa shape index (κ2) is 7.09. The first-order chi connectivity index (χ1) is 10.0. The van der Waals surface area contributed by atoms with Crippen molar-refractivity contribution in [1.82, 2.24) is 4.90 Å². The van der Waals surface area contributed by atoms with Crippen molar-refractivity contribution in [2.75, 3.05) is 37.4 Å². The van der Waals surface area contributed by atoms with Crippen LogP contribution in [-0.4, -0.2) is 54.4 Å². The number of nitrogens with zero attached hydrogens (tertiary/aromatic N) is 1. The van der Waals surface area contributed by atoms with Crippen LogP contribution in [0.3, 0.4) is 0 Å². The van der Waals surface area contributed by atoms with Crippen molar-refractivity contribution in [3.05, 3.63) is 23.2 Å². The molecular formula is C14H20ClN3O3. The van der Waals surface area contributed by atoms with Gasteiger partial charge in [0.05, 0.1) is 42.6 Å². The quantitative estimate of drug-likeness (QED) is 0.720. The minimum Gasteiger partial charge on any atom is -0.397 e. The lowest BCUT2D eigenvalue weighted by molar-refractivity contribution is -0.125. The molecule has 7 heteroatoms. The minimum atomic E-state index is -0.372. The van der Waals surface area contributed by atoms with Crippen LogP contribution < -0.4 is 11.1 Å². The van der Waals surface area contributed by atoms with Gasteiger partial charge in [0.1, 0.15) is 0 Å². The normalized spacial score (nSPS) is 21.0. The maximum absolute atomic E-state index is 12.3. The summed E-state index contributed by atoms with van der Waals surface area (Å²) in [5.74, 6) is -0.155. The van der Waals surface area contributed by atoms with E-state index in [0.29, 0.717) is 36.2 Å². The number of rotatable bonds is 4. The number of morpholine rings is 1. The van der Waals surface area contributed by atoms with Gasteiger partial charge in [-0.05, 0) is 25.1 Å². The van der Waals surface area contributed by atoms with Crippen LogP contribution in [0.1, 0.15) is 6.92 Å². The van der Waals surface area contributed by atoms with Gasteiger partial charge in [0.15, 0.2) is 0 Å². The number of carbonyl (C=O) groups excluding carboxylic acids is 1. The predicted octanol–water partition coefficient (Wildman–Crippen LogP) is 0.942. The molecule has 1 aromatic rings. The molecule has 0 spiro atoms. The zero-order valence-corrected chi connectivity index (χ0v) is 12.6. The summed E-state index contributed by atoms with van der Waals surface area (Å²) >= 11 is 5.85. The summed E-state index contributed by atoms with van der Waals surface area (Å²) in [6, 6.07) is 4.43. The lowest BCUT2D eigenvalue weighted by atomic mass is 10.1. The Morgan fingerprint density at radius 3 is 3.10 bits per heavy atom. The number of carbonyl (C=O) groups is 1. The van der Waals surface area contributed by atoms with E-state index in [0.717, 1.165) is 0 Å². The van der Waals surface area contributed by atoms with E-state index in [1.807, 2.05) is 11.8 Å². The second-order valence-corrected chi connectivity index (χ2v) is 5.46. The molecule has 1 aliphatic heterocycles. The van der Waals surface area contributed by atoms with Crippen molar-refractivity contribution in [2.24, 2.45) is 0 Å². The van der Waals surface area contributed by atoms with Crippen LogP contribution in [0.2, 0.25) is 5.02 Å². The third-order valence-corrected chi connectivity index (χ3v) is 3.97. The van der Waals surface area contributed by atoms with Crippen molar-refractivity contribution in [2.45, 2.75) is 19.0 Å². The maximum atomic E-state index is 12.3. The fourth-order valence-electron chi connectivity index (χ4n) is 2.35. The lowest BCUT2D eigenvalue weighted by Crippen LogP contribution is -2.54. The molecule has 1 aromatic carbocycles. The minimum absolute atomic E-state index is 0.0362. The van der Waals surface area contributed by atoms with E-state index in [-0.39, 0.29) is 24.6 Å². The van der Waals surface area contributed by atoms with Crippen LogP contribution in [0.5, 0.6) is 0 Å². The van der Waals surface area contributed by atoms with E-state index in [9.17, 15) is 9.90 Å². The fraction of sp³-hybridized carbons (Fsp3) is 0.500. The van der Waals surface area contributed by atoms with Crippen LogP contribution in [0, 0.1) is 0 Å². The number of hydrogen-bond donors (Lipinski definition) is 3. The number of nitrogens with one attached hydrogen (secondary N) is 1. The standard InChI is InChI=1S/C14H20ClN3O3/c1-9(18-4-5-21-8-11(18)7-19)14(20)17-10-2-3-12(15)13(16)6-10/h2-3,6,9,11,19H,4-5,7-8,16H2,1H3,(H,17,20). The number of amides is 1. The Morgan fingerprint density at radius 2 is 2.43 bits per heavy atom. The molecule has 2 unspecified atom stereocenters. The van der Waals surface area contributed by atoms with Crippen LogP contribution in [0.15, 0.2) is 18.2 Å². The van der Waals surface area contributed by atoms with Gasteiger partial charge in [-0.2, -0.15) is 0 Å². The Bertz CT molecular complexity index is 512. The molecule has 1 fully saturated rings. The van der Waals surface area contributed by atoms with Gasteiger partial charge in [0.25, 0.3) is 0 Å². The number of hydrogen-bond acceptors (Lipinski definition) is 5. The van der Waals surface area contributed by atoms with Gasteiger partial charge in [-0.3, -0.25) is 9.69 Å². The molecule has 0 radical (unpaired) electrons. The Kier molecular flexibility index (Phi) is 5.41. The largest absolute Gasteiger partial charge is 0.397 e. The molecule has 1 saturated heterocycles. The van der Waals surface area contributed by atoms with E-state index in [2.05, 4.69) is 5.32 Å². The maximum Gasteiger partial charge on any atom is 0.241 e. The number of halogens is 1. The van der Waals surface area contributed by atoms with Crippen molar-refractivity contribution < 1.29 is 14.6 Å². The summed E-state index contributed by atoms with van der Waals surface area (Å²) in [4.78, 5) is 14.3. The summed E-state index contributed by atoms with van der Waals surface area (Å²) in [6.07, 6.45) is 0. The molecule has 116 valence electrons. The average molecular weight is 314 g/mol. The van der Waals surface area contributed by atoms with Crippen molar-refractivity contribution in [3.8, 4) is 0 Å². The van der Waals surface area contributed by atoms with Gasteiger partial charge >= 0.3 is 0 Å². The second-order valence-electron chi connectivity index (χ2n) is 5.05. The fourth-order valence-corrected chi connectivity index (χ4v) is 2.47. The highest BCUT2D eigenvalue weighted by atomic mass is 35.5. The molecule has 0 aromatic heterocycles. The molecule has 0 saturated carbocycles. The van der Waals surface area contributed by atoms with Crippen LogP contribution in [0.25, 0.3) is 0 Å². The smallest absolute Gasteiger partial charge is 0.241 e. The summed E-state index contributed by atoms with van der Waals surface area (Å²) in [6.45, 7) is 3.38. The number of ether oxygens (including phenoxy) is 1. The predicted molar refractivity (Wildman–Crippen MR) is 82.4 cm³/mol. The first-order valence-electron chi connectivity index (χ1n) is 6.83. The van der Waals surface area contributed by atoms with Crippen LogP contribution in [0.4, 0.5) is 11.4 Å². The number of benzene rings is 1. The molecule has 2 rings (SSSR count). The molecule has 21 heavy (non-hydrogen) atoms. The van der Waals surface area contributed by atoms with Gasteiger partial charge in [-0.1, -0.05) is 11.6 Å². The van der Waals surface area contributed by atoms with E-state index in [1.165, 1.54) is 0 Å². The molecule has 0 aliphatic carbocycles. The summed E-state index contributed by atoms with van der Waals surface area (Å²) in [5.41, 5.74) is 6.73. The lowest BCUT2D eigenvalue weighted by Gasteiger charge is -2.37. The molecule has 6 nitrogen and oxygen atoms in total. The van der Waals surface area contributed by atoms with Gasteiger partial charge in [-0.25, -0.2) is 0 Å². The molecule has 2 atom stereocenters. The number of nitrogen functional groups attached to an aromatic ring is 1. The Balaban J connectivity index is 2.02. The van der Waals surface area contributed by atoms with Gasteiger partial charge in [0, 0.05) is 12.2 Å². The molecular weight excluding hydrogens is 294 g/mol. The zero-order chi connectivity index (χ0) is 15.4. The van der Waals surface area contributed by atoms with E-state index in [1.54, 1.807) is 18.2 Å². The first kappa shape index (κ1) is 16.0. The van der Waals surface area contributed by atoms with Crippen molar-refractivity contribution in [1.29, 1.82) is 0 Å². The summed E-state index contributed by atoms with van der Waals surface area (Å²) in [7, 11) is 0. The van der Waals surface area contributed by atoms with E-state index >= 15 is 0 Å². The highest BCUT2D eigenvalue weighted by molar-refractivity contribution is 6.33. The zero-order valence-electron chi connectivity index (χ0n) is 11.9. The molecule has 1 heterocycles. The summed E-state index contributed by atoms with van der Waals surface area (Å²) < 4.78 is 5.32. The Morgan fingerprint density at radius 1 is 1.67 bits per heavy atom. The number of aliphatic hydroxyl groups is 1. The molecule has 1 amide bonds. The summed E-state index contributed by atoms with van der Waals surface area (Å²) in [5, 5.41) is 12.6. The van der Waals surface area contributed by atoms with Crippen molar-refractivity contribution in [3.63, 3.8) is 0 Å². The number of aliphatic hydroxyl groups excluding tert-OH is 1. The third kappa shape index (κ3) is 3.85. The monoisotopic (exact) mass is 313 g/mol. The topological polar surface area (TPSA) is 87.8 Å². The van der Waals surface area contributed by atoms with Crippen LogP contribution >= 0.6 is 11.6 Å². The molecule has 4 N–H and O–H groups in total. The SMILES string of the molecule is CC(C(=O)Nc1ccc(Cl)c(N)c1)N1CCOCC1CO. The number of anilines is 2. The Hall–Kier alpha value is -1.34. The third-order valence-electron chi connectivity index (χ3n) is 3.62. The Labute approximate surface area is 128 Å². The van der Waals surface area contributed by atoms with E-state index in [4.69, 9.17) is 22.1 Å². The number of nitrogens with two attached hydrogens (primary N) is 1. The molecule has 0 bridgehead atoms.